The second-order valence-corrected chi connectivity index (χ2v) is 12.5. The smallest absolute Gasteiger partial charge is 0.264 e. The molecule has 1 N–H and O–H groups in total. The van der Waals surface area contributed by atoms with E-state index in [4.69, 9.17) is 23.2 Å². The zero-order valence-corrected chi connectivity index (χ0v) is 25.6. The minimum atomic E-state index is -4.15. The maximum atomic E-state index is 14.1. The Balaban J connectivity index is 2.10. The number of hydrogen-bond donors (Lipinski definition) is 1. The van der Waals surface area contributed by atoms with Crippen LogP contribution in [0.25, 0.3) is 0 Å². The van der Waals surface area contributed by atoms with Gasteiger partial charge in [-0.2, -0.15) is 0 Å². The number of nitrogens with zero attached hydrogens (tertiary/aromatic N) is 2. The van der Waals surface area contributed by atoms with Gasteiger partial charge < -0.3 is 10.2 Å². The van der Waals surface area contributed by atoms with Gasteiger partial charge in [0.1, 0.15) is 12.6 Å². The summed E-state index contributed by atoms with van der Waals surface area (Å²) in [6.45, 7) is 8.44. The van der Waals surface area contributed by atoms with Gasteiger partial charge in [0, 0.05) is 28.2 Å². The molecule has 7 nitrogen and oxygen atoms in total. The van der Waals surface area contributed by atoms with E-state index in [-0.39, 0.29) is 23.4 Å². The van der Waals surface area contributed by atoms with E-state index in [2.05, 4.69) is 5.32 Å². The Labute approximate surface area is 247 Å². The number of hydrogen-bond acceptors (Lipinski definition) is 4. The van der Waals surface area contributed by atoms with Crippen LogP contribution in [-0.4, -0.2) is 43.8 Å². The van der Waals surface area contributed by atoms with Gasteiger partial charge in [-0.25, -0.2) is 8.42 Å². The molecule has 3 aromatic carbocycles. The van der Waals surface area contributed by atoms with Crippen molar-refractivity contribution in [3.63, 3.8) is 0 Å². The SMILES string of the molecule is CC[C@H](C)NC(=O)[C@H](C)N(Cc1c(Cl)cccc1Cl)C(=O)CN(c1cc(C)ccc1C)S(=O)(=O)c1ccccc1. The fourth-order valence-corrected chi connectivity index (χ4v) is 6.13. The number of nitrogens with one attached hydrogen (secondary N) is 1. The number of sulfonamides is 1. The van der Waals surface area contributed by atoms with Crippen LogP contribution < -0.4 is 9.62 Å². The van der Waals surface area contributed by atoms with Crippen molar-refractivity contribution in [2.24, 2.45) is 0 Å². The summed E-state index contributed by atoms with van der Waals surface area (Å²) in [5.41, 5.74) is 2.36. The lowest BCUT2D eigenvalue weighted by Crippen LogP contribution is -2.52. The van der Waals surface area contributed by atoms with E-state index in [0.29, 0.717) is 33.3 Å². The third kappa shape index (κ3) is 7.36. The average molecular weight is 605 g/mol. The molecule has 0 saturated heterocycles. The highest BCUT2D eigenvalue weighted by Gasteiger charge is 2.34. The van der Waals surface area contributed by atoms with Gasteiger partial charge in [0.2, 0.25) is 11.8 Å². The van der Waals surface area contributed by atoms with Crippen molar-refractivity contribution in [2.75, 3.05) is 10.8 Å². The van der Waals surface area contributed by atoms with E-state index in [0.717, 1.165) is 9.87 Å². The first-order valence-corrected chi connectivity index (χ1v) is 15.2. The van der Waals surface area contributed by atoms with E-state index in [1.807, 2.05) is 32.9 Å². The molecule has 0 aliphatic rings. The van der Waals surface area contributed by atoms with Crippen LogP contribution >= 0.6 is 23.2 Å². The summed E-state index contributed by atoms with van der Waals surface area (Å²) in [5, 5.41) is 3.58. The Morgan fingerprint density at radius 2 is 1.55 bits per heavy atom. The third-order valence-corrected chi connectivity index (χ3v) is 9.28. The number of amides is 2. The molecule has 0 aliphatic carbocycles. The molecule has 3 aromatic rings. The maximum Gasteiger partial charge on any atom is 0.264 e. The average Bonchev–Trinajstić information content (AvgIpc) is 2.92. The number of benzene rings is 3. The standard InChI is InChI=1S/C30H35Cl2N3O4S/c1-6-22(4)33-30(37)23(5)34(18-25-26(31)13-10-14-27(25)32)29(36)19-35(28-17-20(2)15-16-21(28)3)40(38,39)24-11-8-7-9-12-24/h7-17,22-23H,6,18-19H2,1-5H3,(H,33,37)/t22-,23-/m0/s1. The summed E-state index contributed by atoms with van der Waals surface area (Å²) in [6, 6.07) is 17.3. The summed E-state index contributed by atoms with van der Waals surface area (Å²) in [6.07, 6.45) is 0.707. The fourth-order valence-electron chi connectivity index (χ4n) is 4.12. The van der Waals surface area contributed by atoms with E-state index in [9.17, 15) is 18.0 Å². The molecule has 2 amide bonds. The normalized spacial score (nSPS) is 12.9. The molecule has 0 fully saturated rings. The second-order valence-electron chi connectivity index (χ2n) is 9.83. The molecule has 2 atom stereocenters. The summed E-state index contributed by atoms with van der Waals surface area (Å²) < 4.78 is 29.0. The summed E-state index contributed by atoms with van der Waals surface area (Å²) >= 11 is 12.9. The van der Waals surface area contributed by atoms with Crippen LogP contribution in [0.1, 0.15) is 43.9 Å². The van der Waals surface area contributed by atoms with Gasteiger partial charge >= 0.3 is 0 Å². The molecule has 0 aromatic heterocycles. The van der Waals surface area contributed by atoms with Crippen LogP contribution in [0.3, 0.4) is 0 Å². The molecule has 0 unspecified atom stereocenters. The first-order chi connectivity index (χ1) is 18.9. The van der Waals surface area contributed by atoms with Crippen molar-refractivity contribution in [1.82, 2.24) is 10.2 Å². The van der Waals surface area contributed by atoms with E-state index >= 15 is 0 Å². The summed E-state index contributed by atoms with van der Waals surface area (Å²) in [4.78, 5) is 28.6. The van der Waals surface area contributed by atoms with Crippen molar-refractivity contribution in [3.8, 4) is 0 Å². The van der Waals surface area contributed by atoms with E-state index in [1.165, 1.54) is 17.0 Å². The Kier molecular flexibility index (Phi) is 10.6. The second kappa shape index (κ2) is 13.5. The molecular formula is C30H35Cl2N3O4S. The molecular weight excluding hydrogens is 569 g/mol. The van der Waals surface area contributed by atoms with Crippen LogP contribution in [-0.2, 0) is 26.2 Å². The van der Waals surface area contributed by atoms with Crippen molar-refractivity contribution in [1.29, 1.82) is 0 Å². The molecule has 10 heteroatoms. The Morgan fingerprint density at radius 3 is 2.15 bits per heavy atom. The van der Waals surface area contributed by atoms with Gasteiger partial charge in [0.15, 0.2) is 0 Å². The molecule has 40 heavy (non-hydrogen) atoms. The van der Waals surface area contributed by atoms with Crippen molar-refractivity contribution in [3.05, 3.63) is 93.5 Å². The lowest BCUT2D eigenvalue weighted by molar-refractivity contribution is -0.139. The molecule has 0 saturated carbocycles. The highest BCUT2D eigenvalue weighted by Crippen LogP contribution is 2.30. The molecule has 0 heterocycles. The maximum absolute atomic E-state index is 14.1. The first kappa shape index (κ1) is 31.5. The lowest BCUT2D eigenvalue weighted by atomic mass is 10.1. The topological polar surface area (TPSA) is 86.8 Å². The van der Waals surface area contributed by atoms with Crippen molar-refractivity contribution >= 4 is 50.7 Å². The van der Waals surface area contributed by atoms with E-state index < -0.39 is 28.5 Å². The lowest BCUT2D eigenvalue weighted by Gasteiger charge is -2.33. The van der Waals surface area contributed by atoms with Crippen LogP contribution in [0.15, 0.2) is 71.6 Å². The highest BCUT2D eigenvalue weighted by atomic mass is 35.5. The van der Waals surface area contributed by atoms with Crippen molar-refractivity contribution < 1.29 is 18.0 Å². The summed E-state index contributed by atoms with van der Waals surface area (Å²) in [7, 11) is -4.15. The van der Waals surface area contributed by atoms with Crippen molar-refractivity contribution in [2.45, 2.75) is 64.6 Å². The monoisotopic (exact) mass is 603 g/mol. The highest BCUT2D eigenvalue weighted by molar-refractivity contribution is 7.92. The zero-order valence-electron chi connectivity index (χ0n) is 23.3. The predicted molar refractivity (Wildman–Crippen MR) is 161 cm³/mol. The number of aryl methyl sites for hydroxylation is 2. The minimum Gasteiger partial charge on any atom is -0.352 e. The van der Waals surface area contributed by atoms with Gasteiger partial charge in [0.25, 0.3) is 10.0 Å². The van der Waals surface area contributed by atoms with Gasteiger partial charge in [-0.05, 0) is 75.6 Å². The number of carbonyl (C=O) groups excluding carboxylic acids is 2. The molecule has 3 rings (SSSR count). The number of rotatable bonds is 11. The molecule has 0 aliphatic heterocycles. The Bertz CT molecular complexity index is 1440. The number of carbonyl (C=O) groups is 2. The molecule has 0 radical (unpaired) electrons. The minimum absolute atomic E-state index is 0.0481. The van der Waals surface area contributed by atoms with Gasteiger partial charge in [-0.3, -0.25) is 13.9 Å². The Morgan fingerprint density at radius 1 is 0.925 bits per heavy atom. The Hall–Kier alpha value is -3.07. The van der Waals surface area contributed by atoms with Crippen LogP contribution in [0.2, 0.25) is 10.0 Å². The van der Waals surface area contributed by atoms with Gasteiger partial charge in [-0.1, -0.05) is 66.5 Å². The third-order valence-electron chi connectivity index (χ3n) is 6.80. The summed E-state index contributed by atoms with van der Waals surface area (Å²) in [5.74, 6) is -0.946. The van der Waals surface area contributed by atoms with Crippen LogP contribution in [0.4, 0.5) is 5.69 Å². The fraction of sp³-hybridized carbons (Fsp3) is 0.333. The van der Waals surface area contributed by atoms with Gasteiger partial charge in [-0.15, -0.1) is 0 Å². The number of anilines is 1. The molecule has 0 spiro atoms. The van der Waals surface area contributed by atoms with Crippen LogP contribution in [0.5, 0.6) is 0 Å². The quantitative estimate of drug-likeness (QED) is 0.285. The number of halogens is 2. The van der Waals surface area contributed by atoms with Crippen LogP contribution in [0, 0.1) is 13.8 Å². The zero-order chi connectivity index (χ0) is 29.6. The first-order valence-electron chi connectivity index (χ1n) is 13.0. The molecule has 214 valence electrons. The molecule has 0 bridgehead atoms. The predicted octanol–water partition coefficient (Wildman–Crippen LogP) is 6.14. The largest absolute Gasteiger partial charge is 0.352 e. The van der Waals surface area contributed by atoms with E-state index in [1.54, 1.807) is 56.3 Å². The van der Waals surface area contributed by atoms with Gasteiger partial charge in [0.05, 0.1) is 10.6 Å².